The fraction of sp³-hybridized carbons (Fsp3) is 0.467. The topological polar surface area (TPSA) is 69.6 Å². The summed E-state index contributed by atoms with van der Waals surface area (Å²) in [6.07, 6.45) is 0.672. The number of rotatable bonds is 6. The summed E-state index contributed by atoms with van der Waals surface area (Å²) >= 11 is 6.05. The summed E-state index contributed by atoms with van der Waals surface area (Å²) in [4.78, 5) is 24.7. The third kappa shape index (κ3) is 4.93. The zero-order chi connectivity index (χ0) is 16.0. The molecule has 0 heterocycles. The van der Waals surface area contributed by atoms with Gasteiger partial charge in [0.15, 0.2) is 0 Å². The molecule has 116 valence electrons. The molecule has 0 bridgehead atoms. The first-order valence-corrected chi connectivity index (χ1v) is 7.22. The Kier molecular flexibility index (Phi) is 6.49. The predicted octanol–water partition coefficient (Wildman–Crippen LogP) is 2.98. The molecule has 0 aromatic heterocycles. The number of amides is 2. The van der Waals surface area contributed by atoms with Gasteiger partial charge in [-0.2, -0.15) is 0 Å². The Morgan fingerprint density at radius 2 is 2.00 bits per heavy atom. The number of carbonyl (C=O) groups excluding carboxylic acids is 1. The molecule has 5 nitrogen and oxygen atoms in total. The molecule has 6 heteroatoms. The van der Waals surface area contributed by atoms with Gasteiger partial charge in [0, 0.05) is 18.6 Å². The molecule has 0 radical (unpaired) electrons. The average Bonchev–Trinajstić information content (AvgIpc) is 2.45. The first-order valence-electron chi connectivity index (χ1n) is 6.84. The fourth-order valence-corrected chi connectivity index (χ4v) is 2.08. The van der Waals surface area contributed by atoms with Gasteiger partial charge >= 0.3 is 12.0 Å². The summed E-state index contributed by atoms with van der Waals surface area (Å²) in [5, 5.41) is 12.3. The third-order valence-electron chi connectivity index (χ3n) is 3.47. The van der Waals surface area contributed by atoms with Crippen LogP contribution in [0.15, 0.2) is 24.3 Å². The van der Waals surface area contributed by atoms with Crippen LogP contribution >= 0.6 is 11.6 Å². The highest BCUT2D eigenvalue weighted by molar-refractivity contribution is 6.31. The summed E-state index contributed by atoms with van der Waals surface area (Å²) < 4.78 is 0. The number of aliphatic carboxylic acids is 1. The Hall–Kier alpha value is -1.75. The van der Waals surface area contributed by atoms with Crippen LogP contribution in [0.5, 0.6) is 0 Å². The molecular formula is C15H21ClN2O3. The minimum absolute atomic E-state index is 0.139. The van der Waals surface area contributed by atoms with E-state index in [9.17, 15) is 14.7 Å². The molecule has 0 aliphatic heterocycles. The number of carboxylic acids is 1. The van der Waals surface area contributed by atoms with Gasteiger partial charge in [0.2, 0.25) is 0 Å². The van der Waals surface area contributed by atoms with Crippen molar-refractivity contribution >= 4 is 23.6 Å². The van der Waals surface area contributed by atoms with E-state index < -0.39 is 18.0 Å². The van der Waals surface area contributed by atoms with Crippen molar-refractivity contribution in [2.45, 2.75) is 32.9 Å². The summed E-state index contributed by atoms with van der Waals surface area (Å²) in [5.41, 5.74) is 0.812. The van der Waals surface area contributed by atoms with Crippen LogP contribution in [0, 0.1) is 5.92 Å². The summed E-state index contributed by atoms with van der Waals surface area (Å²) in [7, 11) is 1.61. The Morgan fingerprint density at radius 1 is 1.38 bits per heavy atom. The van der Waals surface area contributed by atoms with Gasteiger partial charge in [0.25, 0.3) is 0 Å². The molecule has 1 rings (SSSR count). The summed E-state index contributed by atoms with van der Waals surface area (Å²) in [5.74, 6) is -1.16. The maximum atomic E-state index is 12.1. The van der Waals surface area contributed by atoms with Gasteiger partial charge in [0.05, 0.1) is 0 Å². The minimum atomic E-state index is -1.02. The number of urea groups is 1. The molecule has 0 spiro atoms. The molecular weight excluding hydrogens is 292 g/mol. The predicted molar refractivity (Wildman–Crippen MR) is 82.3 cm³/mol. The second-order valence-electron chi connectivity index (χ2n) is 5.10. The second-order valence-corrected chi connectivity index (χ2v) is 5.51. The molecule has 0 unspecified atom stereocenters. The van der Waals surface area contributed by atoms with Crippen molar-refractivity contribution in [2.75, 3.05) is 7.05 Å². The van der Waals surface area contributed by atoms with Crippen molar-refractivity contribution in [3.8, 4) is 0 Å². The normalized spacial score (nSPS) is 13.3. The molecule has 0 aliphatic rings. The van der Waals surface area contributed by atoms with E-state index in [1.165, 1.54) is 4.90 Å². The van der Waals surface area contributed by atoms with E-state index in [0.717, 1.165) is 5.56 Å². The Morgan fingerprint density at radius 3 is 2.52 bits per heavy atom. The Balaban J connectivity index is 2.70. The van der Waals surface area contributed by atoms with E-state index in [0.29, 0.717) is 18.0 Å². The lowest BCUT2D eigenvalue weighted by atomic mass is 9.99. The molecule has 2 atom stereocenters. The molecule has 0 fully saturated rings. The highest BCUT2D eigenvalue weighted by atomic mass is 35.5. The van der Waals surface area contributed by atoms with E-state index in [1.807, 2.05) is 25.1 Å². The molecule has 0 saturated heterocycles. The molecule has 2 amide bonds. The third-order valence-corrected chi connectivity index (χ3v) is 3.84. The summed E-state index contributed by atoms with van der Waals surface area (Å²) in [6.45, 7) is 4.01. The average molecular weight is 313 g/mol. The van der Waals surface area contributed by atoms with Crippen LogP contribution < -0.4 is 5.32 Å². The van der Waals surface area contributed by atoms with Gasteiger partial charge in [0.1, 0.15) is 6.04 Å². The van der Waals surface area contributed by atoms with Crippen molar-refractivity contribution in [3.63, 3.8) is 0 Å². The molecule has 0 aliphatic carbocycles. The largest absolute Gasteiger partial charge is 0.480 e. The van der Waals surface area contributed by atoms with Crippen LogP contribution in [-0.2, 0) is 11.3 Å². The minimum Gasteiger partial charge on any atom is -0.480 e. The van der Waals surface area contributed by atoms with Crippen LogP contribution in [0.25, 0.3) is 0 Å². The van der Waals surface area contributed by atoms with Crippen molar-refractivity contribution in [3.05, 3.63) is 34.9 Å². The van der Waals surface area contributed by atoms with Crippen LogP contribution in [-0.4, -0.2) is 35.1 Å². The van der Waals surface area contributed by atoms with Gasteiger partial charge in [-0.25, -0.2) is 9.59 Å². The highest BCUT2D eigenvalue weighted by Crippen LogP contribution is 2.16. The molecule has 1 aromatic carbocycles. The van der Waals surface area contributed by atoms with Crippen LogP contribution in [0.3, 0.4) is 0 Å². The number of halogens is 1. The van der Waals surface area contributed by atoms with E-state index in [4.69, 9.17) is 11.6 Å². The van der Waals surface area contributed by atoms with Gasteiger partial charge in [-0.3, -0.25) is 0 Å². The van der Waals surface area contributed by atoms with Crippen molar-refractivity contribution in [2.24, 2.45) is 5.92 Å². The summed E-state index contributed by atoms with van der Waals surface area (Å²) in [6, 6.07) is 5.91. The smallest absolute Gasteiger partial charge is 0.326 e. The second kappa shape index (κ2) is 7.88. The van der Waals surface area contributed by atoms with Crippen LogP contribution in [0.1, 0.15) is 25.8 Å². The number of carbonyl (C=O) groups is 2. The standard InChI is InChI=1S/C15H21ClN2O3/c1-4-10(2)13(14(19)20)17-15(21)18(3)9-11-7-5-6-8-12(11)16/h5-8,10,13H,4,9H2,1-3H3,(H,17,21)(H,19,20)/t10-,13-/m0/s1. The van der Waals surface area contributed by atoms with Crippen LogP contribution in [0.4, 0.5) is 4.79 Å². The van der Waals surface area contributed by atoms with E-state index in [2.05, 4.69) is 5.32 Å². The van der Waals surface area contributed by atoms with Crippen molar-refractivity contribution in [1.29, 1.82) is 0 Å². The lowest BCUT2D eigenvalue weighted by Crippen LogP contribution is -2.49. The molecule has 0 saturated carbocycles. The molecule has 21 heavy (non-hydrogen) atoms. The zero-order valence-electron chi connectivity index (χ0n) is 12.5. The fourth-order valence-electron chi connectivity index (χ4n) is 1.88. The number of carboxylic acid groups (broad SMARTS) is 1. The van der Waals surface area contributed by atoms with E-state index in [1.54, 1.807) is 20.0 Å². The van der Waals surface area contributed by atoms with Gasteiger partial charge < -0.3 is 15.3 Å². The SMILES string of the molecule is CC[C@H](C)[C@H](NC(=O)N(C)Cc1ccccc1Cl)C(=O)O. The zero-order valence-corrected chi connectivity index (χ0v) is 13.2. The van der Waals surface area contributed by atoms with Gasteiger partial charge in [-0.05, 0) is 17.5 Å². The van der Waals surface area contributed by atoms with E-state index >= 15 is 0 Å². The maximum absolute atomic E-state index is 12.1. The quantitative estimate of drug-likeness (QED) is 0.848. The first-order chi connectivity index (χ1) is 9.86. The number of nitrogens with zero attached hydrogens (tertiary/aromatic N) is 1. The monoisotopic (exact) mass is 312 g/mol. The number of hydrogen-bond donors (Lipinski definition) is 2. The maximum Gasteiger partial charge on any atom is 0.326 e. The molecule has 1 aromatic rings. The Bertz CT molecular complexity index is 507. The Labute approximate surface area is 129 Å². The van der Waals surface area contributed by atoms with Crippen molar-refractivity contribution in [1.82, 2.24) is 10.2 Å². The number of hydrogen-bond acceptors (Lipinski definition) is 2. The first kappa shape index (κ1) is 17.3. The lowest BCUT2D eigenvalue weighted by Gasteiger charge is -2.24. The van der Waals surface area contributed by atoms with Crippen LogP contribution in [0.2, 0.25) is 5.02 Å². The van der Waals surface area contributed by atoms with Gasteiger partial charge in [-0.15, -0.1) is 0 Å². The lowest BCUT2D eigenvalue weighted by molar-refractivity contribution is -0.140. The highest BCUT2D eigenvalue weighted by Gasteiger charge is 2.26. The van der Waals surface area contributed by atoms with E-state index in [-0.39, 0.29) is 5.92 Å². The molecule has 2 N–H and O–H groups in total. The van der Waals surface area contributed by atoms with Gasteiger partial charge in [-0.1, -0.05) is 50.1 Å². The number of benzene rings is 1. The number of nitrogens with one attached hydrogen (secondary N) is 1. The van der Waals surface area contributed by atoms with Crippen molar-refractivity contribution < 1.29 is 14.7 Å².